The Morgan fingerprint density at radius 2 is 1.52 bits per heavy atom. The van der Waals surface area contributed by atoms with Crippen molar-refractivity contribution in [1.29, 1.82) is 0 Å². The fourth-order valence-electron chi connectivity index (χ4n) is 5.15. The van der Waals surface area contributed by atoms with Crippen molar-refractivity contribution < 1.29 is 9.18 Å². The third-order valence-corrected chi connectivity index (χ3v) is 8.28. The monoisotopic (exact) mass is 545 g/mol. The lowest BCUT2D eigenvalue weighted by molar-refractivity contribution is -0.123. The summed E-state index contributed by atoms with van der Waals surface area (Å²) in [5.74, 6) is -0.312. The lowest BCUT2D eigenvalue weighted by Crippen LogP contribution is -2.32. The fraction of sp³-hybridized carbons (Fsp3) is 0.118. The molecule has 6 heteroatoms. The largest absolute Gasteiger partial charge is 0.340 e. The van der Waals surface area contributed by atoms with Gasteiger partial charge < -0.3 is 4.57 Å². The minimum absolute atomic E-state index is 0.0641. The number of thioether (sulfide) groups is 1. The van der Waals surface area contributed by atoms with Gasteiger partial charge in [0.25, 0.3) is 5.91 Å². The van der Waals surface area contributed by atoms with Gasteiger partial charge in [-0.1, -0.05) is 78.9 Å². The summed E-state index contributed by atoms with van der Waals surface area (Å²) in [6.45, 7) is 4.72. The number of halogens is 1. The van der Waals surface area contributed by atoms with E-state index in [1.54, 1.807) is 4.90 Å². The van der Waals surface area contributed by atoms with Crippen LogP contribution in [0.15, 0.2) is 119 Å². The minimum Gasteiger partial charge on any atom is -0.340 e. The van der Waals surface area contributed by atoms with Gasteiger partial charge in [0, 0.05) is 28.7 Å². The third-order valence-electron chi connectivity index (χ3n) is 7.30. The molecule has 0 saturated carbocycles. The second kappa shape index (κ2) is 11.0. The van der Waals surface area contributed by atoms with Crippen molar-refractivity contribution >= 4 is 45.5 Å². The summed E-state index contributed by atoms with van der Waals surface area (Å²) in [6, 6.07) is 34.4. The van der Waals surface area contributed by atoms with E-state index < -0.39 is 0 Å². The number of nitrogens with zero attached hydrogens (tertiary/aromatic N) is 3. The topological polar surface area (TPSA) is 37.6 Å². The molecule has 0 spiro atoms. The molecular formula is C34H28FN3OS. The second-order valence-electron chi connectivity index (χ2n) is 9.83. The molecule has 1 saturated heterocycles. The van der Waals surface area contributed by atoms with Crippen molar-refractivity contribution in [2.75, 3.05) is 0 Å². The molecule has 0 unspecified atom stereocenters. The summed E-state index contributed by atoms with van der Waals surface area (Å²) in [5, 5.41) is 1.73. The average molecular weight is 546 g/mol. The van der Waals surface area contributed by atoms with Crippen LogP contribution in [-0.2, 0) is 11.3 Å². The van der Waals surface area contributed by atoms with Gasteiger partial charge in [-0.2, -0.15) is 0 Å². The molecule has 1 atom stereocenters. The van der Waals surface area contributed by atoms with Crippen LogP contribution in [0.5, 0.6) is 0 Å². The molecule has 0 N–H and O–H groups in total. The molecule has 4 nitrogen and oxygen atoms in total. The maximum Gasteiger partial charge on any atom is 0.267 e. The highest BCUT2D eigenvalue weighted by atomic mass is 32.2. The molecular weight excluding hydrogens is 517 g/mol. The number of aliphatic imine (C=N–C) groups is 1. The van der Waals surface area contributed by atoms with Crippen molar-refractivity contribution in [3.63, 3.8) is 0 Å². The number of benzene rings is 4. The maximum absolute atomic E-state index is 14.0. The molecule has 1 fully saturated rings. The summed E-state index contributed by atoms with van der Waals surface area (Å²) in [7, 11) is 0. The van der Waals surface area contributed by atoms with Crippen molar-refractivity contribution in [2.24, 2.45) is 4.99 Å². The number of rotatable bonds is 6. The Morgan fingerprint density at radius 1 is 0.875 bits per heavy atom. The first-order valence-corrected chi connectivity index (χ1v) is 14.1. The van der Waals surface area contributed by atoms with Gasteiger partial charge in [-0.15, -0.1) is 0 Å². The Labute approximate surface area is 237 Å². The Morgan fingerprint density at radius 3 is 2.25 bits per heavy atom. The highest BCUT2D eigenvalue weighted by molar-refractivity contribution is 8.18. The summed E-state index contributed by atoms with van der Waals surface area (Å²) >= 11 is 1.41. The Hall–Kier alpha value is -4.42. The molecule has 1 aliphatic heterocycles. The van der Waals surface area contributed by atoms with Crippen molar-refractivity contribution in [2.45, 2.75) is 26.4 Å². The van der Waals surface area contributed by atoms with Gasteiger partial charge in [0.05, 0.1) is 16.6 Å². The predicted molar refractivity (Wildman–Crippen MR) is 163 cm³/mol. The number of amides is 1. The van der Waals surface area contributed by atoms with E-state index in [-0.39, 0.29) is 17.8 Å². The Balaban J connectivity index is 1.44. The molecule has 0 bridgehead atoms. The van der Waals surface area contributed by atoms with E-state index in [4.69, 9.17) is 4.99 Å². The van der Waals surface area contributed by atoms with Crippen molar-refractivity contribution in [3.8, 4) is 0 Å². The number of hydrogen-bond donors (Lipinski definition) is 0. The smallest absolute Gasteiger partial charge is 0.267 e. The molecule has 5 aromatic rings. The van der Waals surface area contributed by atoms with Gasteiger partial charge in [0.1, 0.15) is 5.82 Å². The van der Waals surface area contributed by atoms with Crippen LogP contribution in [0.2, 0.25) is 0 Å². The first kappa shape index (κ1) is 25.8. The molecule has 0 aliphatic carbocycles. The highest BCUT2D eigenvalue weighted by Crippen LogP contribution is 2.40. The van der Waals surface area contributed by atoms with Crippen LogP contribution in [0.25, 0.3) is 17.0 Å². The van der Waals surface area contributed by atoms with E-state index in [1.807, 2.05) is 97.9 Å². The van der Waals surface area contributed by atoms with Gasteiger partial charge in [-0.3, -0.25) is 9.69 Å². The van der Waals surface area contributed by atoms with Crippen LogP contribution in [0.1, 0.15) is 35.3 Å². The molecule has 4 aromatic carbocycles. The van der Waals surface area contributed by atoms with E-state index in [9.17, 15) is 9.18 Å². The molecule has 6 rings (SSSR count). The summed E-state index contributed by atoms with van der Waals surface area (Å²) in [4.78, 5) is 21.3. The summed E-state index contributed by atoms with van der Waals surface area (Å²) < 4.78 is 15.8. The lowest BCUT2D eigenvalue weighted by atomic mass is 10.1. The van der Waals surface area contributed by atoms with Gasteiger partial charge in [-0.05, 0) is 73.1 Å². The number of carbonyl (C=O) groups excluding carboxylic acids is 1. The number of carbonyl (C=O) groups is 1. The zero-order valence-corrected chi connectivity index (χ0v) is 23.1. The van der Waals surface area contributed by atoms with Crippen molar-refractivity contribution in [3.05, 3.63) is 142 Å². The fourth-order valence-corrected chi connectivity index (χ4v) is 6.20. The Kier molecular flexibility index (Phi) is 7.10. The molecule has 1 aromatic heterocycles. The first-order chi connectivity index (χ1) is 19.5. The average Bonchev–Trinajstić information content (AvgIpc) is 3.43. The maximum atomic E-state index is 14.0. The third kappa shape index (κ3) is 4.98. The van der Waals surface area contributed by atoms with Gasteiger partial charge in [-0.25, -0.2) is 9.38 Å². The summed E-state index contributed by atoms with van der Waals surface area (Å²) in [5.41, 5.74) is 5.97. The standard InChI is InChI=1S/C34H28FN3OS/c1-23(26-11-5-3-6-12-26)38-33(39)32(40-34(38)36-28-13-7-4-8-14-28)21-30-24(2)37(31-16-10-9-15-29(30)31)22-25-17-19-27(35)20-18-25/h3-21,23H,22H2,1-2H3/b32-21+,36-34?/t23-/m0/s1. The highest BCUT2D eigenvalue weighted by Gasteiger charge is 2.37. The van der Waals surface area contributed by atoms with Crippen LogP contribution >= 0.6 is 11.8 Å². The first-order valence-electron chi connectivity index (χ1n) is 13.2. The van der Waals surface area contributed by atoms with Crippen LogP contribution in [0.3, 0.4) is 0 Å². The molecule has 40 heavy (non-hydrogen) atoms. The SMILES string of the molecule is Cc1c(/C=C2/SC(=Nc3ccccc3)N([C@@H](C)c3ccccc3)C2=O)c2ccccc2n1Cc1ccc(F)cc1. The Bertz CT molecular complexity index is 1740. The minimum atomic E-state index is -0.248. The van der Waals surface area contributed by atoms with Crippen LogP contribution in [-0.4, -0.2) is 20.5 Å². The molecule has 0 radical (unpaired) electrons. The van der Waals surface area contributed by atoms with Crippen LogP contribution in [0.4, 0.5) is 10.1 Å². The lowest BCUT2D eigenvalue weighted by Gasteiger charge is -2.24. The summed E-state index contributed by atoms with van der Waals surface area (Å²) in [6.07, 6.45) is 2.00. The number of hydrogen-bond acceptors (Lipinski definition) is 3. The number of amidine groups is 1. The van der Waals surface area contributed by atoms with Gasteiger partial charge >= 0.3 is 0 Å². The predicted octanol–water partition coefficient (Wildman–Crippen LogP) is 8.50. The molecule has 1 aliphatic rings. The van der Waals surface area contributed by atoms with Crippen LogP contribution < -0.4 is 0 Å². The zero-order valence-electron chi connectivity index (χ0n) is 22.3. The quantitative estimate of drug-likeness (QED) is 0.201. The van der Waals surface area contributed by atoms with E-state index in [0.717, 1.165) is 39.0 Å². The zero-order chi connectivity index (χ0) is 27.6. The van der Waals surface area contributed by atoms with Gasteiger partial charge in [0.2, 0.25) is 0 Å². The normalized spacial score (nSPS) is 16.4. The van der Waals surface area contributed by atoms with Crippen LogP contribution in [0, 0.1) is 12.7 Å². The molecule has 2 heterocycles. The molecule has 198 valence electrons. The van der Waals surface area contributed by atoms with E-state index in [1.165, 1.54) is 23.9 Å². The van der Waals surface area contributed by atoms with Gasteiger partial charge in [0.15, 0.2) is 5.17 Å². The second-order valence-corrected chi connectivity index (χ2v) is 10.8. The van der Waals surface area contributed by atoms with E-state index in [2.05, 4.69) is 23.6 Å². The van der Waals surface area contributed by atoms with Crippen molar-refractivity contribution in [1.82, 2.24) is 9.47 Å². The number of para-hydroxylation sites is 2. The number of aromatic nitrogens is 1. The van der Waals surface area contributed by atoms with E-state index >= 15 is 0 Å². The molecule has 1 amide bonds. The number of fused-ring (bicyclic) bond motifs is 1. The van der Waals surface area contributed by atoms with E-state index in [0.29, 0.717) is 16.6 Å².